The molecular formula is C8H13ClF3N. The van der Waals surface area contributed by atoms with E-state index in [2.05, 4.69) is 0 Å². The summed E-state index contributed by atoms with van der Waals surface area (Å²) in [5.41, 5.74) is 0. The lowest BCUT2D eigenvalue weighted by Gasteiger charge is -2.20. The summed E-state index contributed by atoms with van der Waals surface area (Å²) >= 11 is 5.37. The lowest BCUT2D eigenvalue weighted by atomic mass is 10.4. The molecule has 0 N–H and O–H groups in total. The van der Waals surface area contributed by atoms with Crippen molar-refractivity contribution in [2.24, 2.45) is 0 Å². The SMILES string of the molecule is C/C=C/CN(CCCl)CC(F)(F)F. The standard InChI is InChI=1S/C8H13ClF3N/c1-2-3-5-13(6-4-9)7-8(10,11)12/h2-3H,4-7H2,1H3/b3-2+. The zero-order chi connectivity index (χ0) is 10.3. The zero-order valence-corrected chi connectivity index (χ0v) is 8.20. The van der Waals surface area contributed by atoms with Crippen LogP contribution in [-0.4, -0.2) is 36.6 Å². The molecule has 0 aliphatic heterocycles. The van der Waals surface area contributed by atoms with Crippen LogP contribution in [0.4, 0.5) is 13.2 Å². The molecule has 0 fully saturated rings. The largest absolute Gasteiger partial charge is 0.401 e. The predicted octanol–water partition coefficient (Wildman–Crippen LogP) is 2.67. The van der Waals surface area contributed by atoms with Crippen LogP contribution in [0.15, 0.2) is 12.2 Å². The molecule has 0 aliphatic carbocycles. The Morgan fingerprint density at radius 2 is 2.00 bits per heavy atom. The van der Waals surface area contributed by atoms with Crippen molar-refractivity contribution in [2.75, 3.05) is 25.5 Å². The molecule has 0 bridgehead atoms. The maximum atomic E-state index is 11.9. The van der Waals surface area contributed by atoms with Crippen LogP contribution in [0.2, 0.25) is 0 Å². The molecule has 0 spiro atoms. The van der Waals surface area contributed by atoms with E-state index in [0.29, 0.717) is 6.54 Å². The number of rotatable bonds is 5. The Balaban J connectivity index is 3.93. The molecule has 0 aromatic heterocycles. The van der Waals surface area contributed by atoms with Gasteiger partial charge < -0.3 is 0 Å². The van der Waals surface area contributed by atoms with Gasteiger partial charge in [-0.25, -0.2) is 0 Å². The molecule has 0 radical (unpaired) electrons. The Morgan fingerprint density at radius 3 is 2.38 bits per heavy atom. The van der Waals surface area contributed by atoms with Gasteiger partial charge in [0.15, 0.2) is 0 Å². The summed E-state index contributed by atoms with van der Waals surface area (Å²) in [5, 5.41) is 0. The Bertz CT molecular complexity index is 156. The van der Waals surface area contributed by atoms with Gasteiger partial charge in [-0.1, -0.05) is 12.2 Å². The van der Waals surface area contributed by atoms with Crippen molar-refractivity contribution >= 4 is 11.6 Å². The van der Waals surface area contributed by atoms with Crippen LogP contribution in [-0.2, 0) is 0 Å². The van der Waals surface area contributed by atoms with E-state index in [1.165, 1.54) is 4.90 Å². The van der Waals surface area contributed by atoms with Gasteiger partial charge in [-0.2, -0.15) is 13.2 Å². The third kappa shape index (κ3) is 8.12. The smallest absolute Gasteiger partial charge is 0.290 e. The predicted molar refractivity (Wildman–Crippen MR) is 48.0 cm³/mol. The summed E-state index contributed by atoms with van der Waals surface area (Å²) in [7, 11) is 0. The topological polar surface area (TPSA) is 3.24 Å². The number of hydrogen-bond donors (Lipinski definition) is 0. The molecule has 0 saturated carbocycles. The van der Waals surface area contributed by atoms with Crippen molar-refractivity contribution in [1.82, 2.24) is 4.90 Å². The molecule has 0 aromatic carbocycles. The van der Waals surface area contributed by atoms with Crippen LogP contribution < -0.4 is 0 Å². The molecule has 0 rings (SSSR count). The van der Waals surface area contributed by atoms with Gasteiger partial charge in [0.2, 0.25) is 0 Å². The fourth-order valence-corrected chi connectivity index (χ4v) is 1.10. The van der Waals surface area contributed by atoms with Crippen molar-refractivity contribution in [3.63, 3.8) is 0 Å². The van der Waals surface area contributed by atoms with Crippen LogP contribution in [0.3, 0.4) is 0 Å². The molecule has 0 atom stereocenters. The minimum absolute atomic E-state index is 0.216. The highest BCUT2D eigenvalue weighted by Crippen LogP contribution is 2.16. The number of halogens is 4. The second-order valence-electron chi connectivity index (χ2n) is 2.61. The molecule has 13 heavy (non-hydrogen) atoms. The third-order valence-electron chi connectivity index (χ3n) is 1.40. The van der Waals surface area contributed by atoms with Gasteiger partial charge >= 0.3 is 6.18 Å². The summed E-state index contributed by atoms with van der Waals surface area (Å²) in [6.07, 6.45) is -0.746. The summed E-state index contributed by atoms with van der Waals surface area (Å²) in [6.45, 7) is 1.42. The summed E-state index contributed by atoms with van der Waals surface area (Å²) < 4.78 is 35.8. The molecule has 0 amide bonds. The fraction of sp³-hybridized carbons (Fsp3) is 0.750. The number of allylic oxidation sites excluding steroid dienone is 1. The van der Waals surface area contributed by atoms with Crippen LogP contribution in [0.25, 0.3) is 0 Å². The van der Waals surface area contributed by atoms with E-state index in [1.54, 1.807) is 19.1 Å². The highest BCUT2D eigenvalue weighted by Gasteiger charge is 2.29. The van der Waals surface area contributed by atoms with Gasteiger partial charge in [0.1, 0.15) is 0 Å². The third-order valence-corrected chi connectivity index (χ3v) is 1.57. The molecule has 0 saturated heterocycles. The van der Waals surface area contributed by atoms with Gasteiger partial charge in [-0.05, 0) is 6.92 Å². The van der Waals surface area contributed by atoms with Crippen molar-refractivity contribution < 1.29 is 13.2 Å². The molecule has 0 aromatic rings. The van der Waals surface area contributed by atoms with Crippen molar-refractivity contribution in [3.8, 4) is 0 Å². The normalized spacial score (nSPS) is 13.1. The van der Waals surface area contributed by atoms with E-state index in [9.17, 15) is 13.2 Å². The Hall–Kier alpha value is -0.220. The molecule has 78 valence electrons. The zero-order valence-electron chi connectivity index (χ0n) is 7.44. The van der Waals surface area contributed by atoms with Crippen molar-refractivity contribution in [3.05, 3.63) is 12.2 Å². The van der Waals surface area contributed by atoms with Crippen LogP contribution >= 0.6 is 11.6 Å². The van der Waals surface area contributed by atoms with E-state index in [-0.39, 0.29) is 12.4 Å². The highest BCUT2D eigenvalue weighted by atomic mass is 35.5. The maximum Gasteiger partial charge on any atom is 0.401 e. The molecule has 0 heterocycles. The van der Waals surface area contributed by atoms with E-state index >= 15 is 0 Å². The fourth-order valence-electron chi connectivity index (χ4n) is 0.862. The molecular weight excluding hydrogens is 203 g/mol. The number of hydrogen-bond acceptors (Lipinski definition) is 1. The number of nitrogens with zero attached hydrogens (tertiary/aromatic N) is 1. The lowest BCUT2D eigenvalue weighted by molar-refractivity contribution is -0.144. The van der Waals surface area contributed by atoms with Crippen LogP contribution in [0.1, 0.15) is 6.92 Å². The highest BCUT2D eigenvalue weighted by molar-refractivity contribution is 6.18. The van der Waals surface area contributed by atoms with Crippen LogP contribution in [0, 0.1) is 0 Å². The summed E-state index contributed by atoms with van der Waals surface area (Å²) in [4.78, 5) is 1.26. The van der Waals surface area contributed by atoms with Crippen molar-refractivity contribution in [2.45, 2.75) is 13.1 Å². The van der Waals surface area contributed by atoms with Crippen LogP contribution in [0.5, 0.6) is 0 Å². The quantitative estimate of drug-likeness (QED) is 0.504. The first kappa shape index (κ1) is 12.8. The van der Waals surface area contributed by atoms with E-state index in [0.717, 1.165) is 0 Å². The Kier molecular flexibility index (Phi) is 6.16. The second kappa shape index (κ2) is 6.27. The average Bonchev–Trinajstić information content (AvgIpc) is 1.98. The summed E-state index contributed by atoms with van der Waals surface area (Å²) in [6, 6.07) is 0. The lowest BCUT2D eigenvalue weighted by Crippen LogP contribution is -2.35. The molecule has 0 aliphatic rings. The molecule has 1 nitrogen and oxygen atoms in total. The second-order valence-corrected chi connectivity index (χ2v) is 2.99. The number of alkyl halides is 4. The van der Waals surface area contributed by atoms with Crippen molar-refractivity contribution in [1.29, 1.82) is 0 Å². The first-order chi connectivity index (χ1) is 5.99. The van der Waals surface area contributed by atoms with Gasteiger partial charge in [0.25, 0.3) is 0 Å². The van der Waals surface area contributed by atoms with Gasteiger partial charge in [-0.3, -0.25) is 4.90 Å². The van der Waals surface area contributed by atoms with E-state index in [4.69, 9.17) is 11.6 Å². The average molecular weight is 216 g/mol. The Morgan fingerprint density at radius 1 is 1.38 bits per heavy atom. The van der Waals surface area contributed by atoms with E-state index in [1.807, 2.05) is 0 Å². The monoisotopic (exact) mass is 215 g/mol. The van der Waals surface area contributed by atoms with Gasteiger partial charge in [-0.15, -0.1) is 11.6 Å². The minimum atomic E-state index is -4.15. The maximum absolute atomic E-state index is 11.9. The first-order valence-electron chi connectivity index (χ1n) is 3.96. The Labute approximate surface area is 81.2 Å². The molecule has 0 unspecified atom stereocenters. The van der Waals surface area contributed by atoms with Gasteiger partial charge in [0.05, 0.1) is 6.54 Å². The molecule has 5 heteroatoms. The van der Waals surface area contributed by atoms with E-state index < -0.39 is 12.7 Å². The first-order valence-corrected chi connectivity index (χ1v) is 4.49. The van der Waals surface area contributed by atoms with Gasteiger partial charge in [0, 0.05) is 19.0 Å². The summed E-state index contributed by atoms with van der Waals surface area (Å²) in [5.74, 6) is 0.216. The minimum Gasteiger partial charge on any atom is -0.290 e.